The maximum atomic E-state index is 5.89. The number of hydrogen-bond acceptors (Lipinski definition) is 4. The van der Waals surface area contributed by atoms with Gasteiger partial charge in [-0.1, -0.05) is 12.2 Å². The smallest absolute Gasteiger partial charge is 0.137 e. The second-order valence-electron chi connectivity index (χ2n) is 6.05. The number of ether oxygens (including phenoxy) is 1. The normalized spacial score (nSPS) is 25.2. The van der Waals surface area contributed by atoms with Crippen molar-refractivity contribution in [1.82, 2.24) is 4.98 Å². The summed E-state index contributed by atoms with van der Waals surface area (Å²) < 4.78 is 5.49. The zero-order valence-corrected chi connectivity index (χ0v) is 12.7. The third kappa shape index (κ3) is 2.65. The molecule has 1 aliphatic heterocycles. The molecule has 0 amide bonds. The second-order valence-corrected chi connectivity index (χ2v) is 6.49. The number of nitrogens with one attached hydrogen (secondary N) is 1. The molecular formula is C15H21N3OS. The van der Waals surface area contributed by atoms with Gasteiger partial charge in [0.05, 0.1) is 17.7 Å². The average Bonchev–Trinajstić information content (AvgIpc) is 2.84. The summed E-state index contributed by atoms with van der Waals surface area (Å²) in [5.74, 6) is 0.825. The van der Waals surface area contributed by atoms with Crippen LogP contribution in [0.4, 0.5) is 5.82 Å². The number of hydrogen-bond donors (Lipinski definition) is 2. The standard InChI is InChI=1S/C15H21N3OS/c1-15(6-7-19-9-15)18-14-11(13(16)20)8-10-4-2-3-5-12(10)17-14/h8H,2-7,9H2,1H3,(H2,16,20)(H,17,18). The summed E-state index contributed by atoms with van der Waals surface area (Å²) in [7, 11) is 0. The van der Waals surface area contributed by atoms with Crippen molar-refractivity contribution in [1.29, 1.82) is 0 Å². The van der Waals surface area contributed by atoms with E-state index in [2.05, 4.69) is 18.3 Å². The number of pyridine rings is 1. The third-order valence-electron chi connectivity index (χ3n) is 4.21. The molecule has 0 bridgehead atoms. The molecule has 1 aliphatic carbocycles. The maximum Gasteiger partial charge on any atom is 0.137 e. The van der Waals surface area contributed by atoms with Gasteiger partial charge in [-0.05, 0) is 50.7 Å². The molecule has 1 unspecified atom stereocenters. The molecule has 1 atom stereocenters. The molecular weight excluding hydrogens is 270 g/mol. The van der Waals surface area contributed by atoms with Gasteiger partial charge in [-0.3, -0.25) is 0 Å². The molecule has 1 fully saturated rings. The fraction of sp³-hybridized carbons (Fsp3) is 0.600. The number of aromatic nitrogens is 1. The van der Waals surface area contributed by atoms with Gasteiger partial charge in [-0.2, -0.15) is 0 Å². The fourth-order valence-corrected chi connectivity index (χ4v) is 3.12. The lowest BCUT2D eigenvalue weighted by Crippen LogP contribution is -2.36. The van der Waals surface area contributed by atoms with E-state index in [1.54, 1.807) is 0 Å². The van der Waals surface area contributed by atoms with Crippen LogP contribution in [0.25, 0.3) is 0 Å². The van der Waals surface area contributed by atoms with Crippen molar-refractivity contribution < 1.29 is 4.74 Å². The predicted octanol–water partition coefficient (Wildman–Crippen LogP) is 2.19. The van der Waals surface area contributed by atoms with Crippen LogP contribution in [0.3, 0.4) is 0 Å². The van der Waals surface area contributed by atoms with Crippen molar-refractivity contribution in [2.24, 2.45) is 5.73 Å². The first-order chi connectivity index (χ1) is 9.57. The Bertz CT molecular complexity index is 538. The number of rotatable bonds is 3. The molecule has 3 rings (SSSR count). The molecule has 0 radical (unpaired) electrons. The molecule has 2 heterocycles. The van der Waals surface area contributed by atoms with Crippen molar-refractivity contribution in [2.45, 2.75) is 44.6 Å². The van der Waals surface area contributed by atoms with Gasteiger partial charge in [0.2, 0.25) is 0 Å². The number of nitrogens with two attached hydrogens (primary N) is 1. The van der Waals surface area contributed by atoms with Crippen LogP contribution in [0, 0.1) is 0 Å². The zero-order chi connectivity index (χ0) is 14.2. The Morgan fingerprint density at radius 3 is 2.95 bits per heavy atom. The average molecular weight is 291 g/mol. The highest BCUT2D eigenvalue weighted by Crippen LogP contribution is 2.29. The minimum Gasteiger partial charge on any atom is -0.389 e. The minimum atomic E-state index is -0.0740. The van der Waals surface area contributed by atoms with Gasteiger partial charge in [-0.25, -0.2) is 4.98 Å². The summed E-state index contributed by atoms with van der Waals surface area (Å²) in [6, 6.07) is 2.13. The van der Waals surface area contributed by atoms with E-state index in [4.69, 9.17) is 27.7 Å². The first-order valence-corrected chi connectivity index (χ1v) is 7.67. The highest BCUT2D eigenvalue weighted by atomic mass is 32.1. The zero-order valence-electron chi connectivity index (χ0n) is 11.9. The Kier molecular flexibility index (Phi) is 3.65. The third-order valence-corrected chi connectivity index (χ3v) is 4.43. The second kappa shape index (κ2) is 5.30. The molecule has 4 nitrogen and oxygen atoms in total. The molecule has 5 heteroatoms. The van der Waals surface area contributed by atoms with E-state index in [1.807, 2.05) is 0 Å². The molecule has 0 saturated carbocycles. The van der Waals surface area contributed by atoms with Crippen LogP contribution in [0.1, 0.15) is 43.0 Å². The Morgan fingerprint density at radius 2 is 2.25 bits per heavy atom. The Morgan fingerprint density at radius 1 is 1.45 bits per heavy atom. The van der Waals surface area contributed by atoms with Crippen molar-refractivity contribution >= 4 is 23.0 Å². The van der Waals surface area contributed by atoms with E-state index >= 15 is 0 Å². The Balaban J connectivity index is 1.97. The molecule has 1 saturated heterocycles. The van der Waals surface area contributed by atoms with E-state index in [-0.39, 0.29) is 5.54 Å². The number of anilines is 1. The molecule has 1 aromatic rings. The predicted molar refractivity (Wildman–Crippen MR) is 84.2 cm³/mol. The summed E-state index contributed by atoms with van der Waals surface area (Å²) in [5, 5.41) is 3.51. The summed E-state index contributed by atoms with van der Waals surface area (Å²) in [6.45, 7) is 3.64. The summed E-state index contributed by atoms with van der Waals surface area (Å²) in [5.41, 5.74) is 9.18. The van der Waals surface area contributed by atoms with Crippen LogP contribution >= 0.6 is 12.2 Å². The lowest BCUT2D eigenvalue weighted by atomic mass is 9.94. The molecule has 108 valence electrons. The Labute approximate surface area is 125 Å². The van der Waals surface area contributed by atoms with Crippen molar-refractivity contribution in [3.63, 3.8) is 0 Å². The largest absolute Gasteiger partial charge is 0.389 e. The minimum absolute atomic E-state index is 0.0740. The number of fused-ring (bicyclic) bond motifs is 1. The van der Waals surface area contributed by atoms with E-state index in [9.17, 15) is 0 Å². The number of thiocarbonyl (C=S) groups is 1. The number of aryl methyl sites for hydroxylation is 2. The van der Waals surface area contributed by atoms with Gasteiger partial charge < -0.3 is 15.8 Å². The van der Waals surface area contributed by atoms with Gasteiger partial charge in [0.25, 0.3) is 0 Å². The van der Waals surface area contributed by atoms with Crippen LogP contribution in [0.5, 0.6) is 0 Å². The van der Waals surface area contributed by atoms with Crippen LogP contribution in [0.2, 0.25) is 0 Å². The van der Waals surface area contributed by atoms with Crippen molar-refractivity contribution in [3.05, 3.63) is 22.9 Å². The van der Waals surface area contributed by atoms with Gasteiger partial charge in [0, 0.05) is 12.3 Å². The van der Waals surface area contributed by atoms with E-state index in [0.29, 0.717) is 11.6 Å². The SMILES string of the molecule is CC1(Nc2nc3c(cc2C(N)=S)CCCC3)CCOC1. The maximum absolute atomic E-state index is 5.89. The monoisotopic (exact) mass is 291 g/mol. The quantitative estimate of drug-likeness (QED) is 0.836. The molecule has 3 N–H and O–H groups in total. The highest BCUT2D eigenvalue weighted by Gasteiger charge is 2.31. The topological polar surface area (TPSA) is 60.2 Å². The van der Waals surface area contributed by atoms with Crippen LogP contribution in [0.15, 0.2) is 6.07 Å². The summed E-state index contributed by atoms with van der Waals surface area (Å²) >= 11 is 5.20. The van der Waals surface area contributed by atoms with E-state index in [1.165, 1.54) is 24.1 Å². The Hall–Kier alpha value is -1.20. The summed E-state index contributed by atoms with van der Waals surface area (Å²) in [4.78, 5) is 5.22. The number of nitrogens with zero attached hydrogens (tertiary/aromatic N) is 1. The molecule has 2 aliphatic rings. The van der Waals surface area contributed by atoms with Gasteiger partial charge in [-0.15, -0.1) is 0 Å². The molecule has 0 aromatic carbocycles. The van der Waals surface area contributed by atoms with E-state index in [0.717, 1.165) is 37.3 Å². The lowest BCUT2D eigenvalue weighted by molar-refractivity contribution is 0.185. The van der Waals surface area contributed by atoms with Gasteiger partial charge >= 0.3 is 0 Å². The van der Waals surface area contributed by atoms with Gasteiger partial charge in [0.15, 0.2) is 0 Å². The summed E-state index contributed by atoms with van der Waals surface area (Å²) in [6.07, 6.45) is 5.55. The fourth-order valence-electron chi connectivity index (χ4n) is 2.97. The van der Waals surface area contributed by atoms with Crippen LogP contribution < -0.4 is 11.1 Å². The first kappa shape index (κ1) is 13.8. The van der Waals surface area contributed by atoms with Crippen LogP contribution in [-0.4, -0.2) is 28.7 Å². The van der Waals surface area contributed by atoms with Crippen molar-refractivity contribution in [3.8, 4) is 0 Å². The molecule has 0 spiro atoms. The lowest BCUT2D eigenvalue weighted by Gasteiger charge is -2.27. The van der Waals surface area contributed by atoms with Crippen molar-refractivity contribution in [2.75, 3.05) is 18.5 Å². The molecule has 20 heavy (non-hydrogen) atoms. The van der Waals surface area contributed by atoms with Crippen LogP contribution in [-0.2, 0) is 17.6 Å². The van der Waals surface area contributed by atoms with Gasteiger partial charge in [0.1, 0.15) is 10.8 Å². The first-order valence-electron chi connectivity index (χ1n) is 7.26. The van der Waals surface area contributed by atoms with E-state index < -0.39 is 0 Å². The molecule has 1 aromatic heterocycles. The highest BCUT2D eigenvalue weighted by molar-refractivity contribution is 7.80.